The van der Waals surface area contributed by atoms with E-state index in [1.807, 2.05) is 13.0 Å². The molecule has 1 heterocycles. The van der Waals surface area contributed by atoms with E-state index in [1.165, 1.54) is 0 Å². The fraction of sp³-hybridized carbons (Fsp3) is 0.500. The van der Waals surface area contributed by atoms with Crippen molar-refractivity contribution in [1.29, 1.82) is 5.26 Å². The van der Waals surface area contributed by atoms with E-state index in [0.29, 0.717) is 11.3 Å². The highest BCUT2D eigenvalue weighted by molar-refractivity contribution is 5.95. The minimum Gasteiger partial charge on any atom is -0.324 e. The van der Waals surface area contributed by atoms with Gasteiger partial charge < -0.3 is 10.2 Å². The van der Waals surface area contributed by atoms with Crippen molar-refractivity contribution < 1.29 is 4.79 Å². The Morgan fingerprint density at radius 2 is 2.00 bits per heavy atom. The molecule has 5 nitrogen and oxygen atoms in total. The molecule has 0 aliphatic carbocycles. The number of likely N-dealkylation sites (N-methyl/N-ethyl adjacent to an activating group) is 1. The third-order valence-corrected chi connectivity index (χ3v) is 4.09. The minimum atomic E-state index is -0.184. The smallest absolute Gasteiger partial charge is 0.241 e. The van der Waals surface area contributed by atoms with Crippen LogP contribution in [0.3, 0.4) is 0 Å². The molecule has 1 atom stereocenters. The summed E-state index contributed by atoms with van der Waals surface area (Å²) in [5.74, 6) is -0.0531. The van der Waals surface area contributed by atoms with E-state index in [2.05, 4.69) is 28.1 Å². The first-order chi connectivity index (χ1) is 10.2. The number of nitrogens with zero attached hydrogens (tertiary/aromatic N) is 3. The van der Waals surface area contributed by atoms with Crippen LogP contribution in [0.2, 0.25) is 0 Å². The molecular weight excluding hydrogens is 264 g/mol. The minimum absolute atomic E-state index is 0.0531. The Morgan fingerprint density at radius 1 is 1.33 bits per heavy atom. The van der Waals surface area contributed by atoms with E-state index in [1.54, 1.807) is 18.2 Å². The van der Waals surface area contributed by atoms with Crippen LogP contribution in [0.15, 0.2) is 24.3 Å². The van der Waals surface area contributed by atoms with Crippen LogP contribution in [0.5, 0.6) is 0 Å². The van der Waals surface area contributed by atoms with Crippen molar-refractivity contribution in [3.8, 4) is 6.07 Å². The van der Waals surface area contributed by atoms with Gasteiger partial charge in [0.25, 0.3) is 0 Å². The Bertz CT molecular complexity index is 529. The van der Waals surface area contributed by atoms with Gasteiger partial charge in [0.1, 0.15) is 6.07 Å². The van der Waals surface area contributed by atoms with E-state index in [-0.39, 0.29) is 11.9 Å². The van der Waals surface area contributed by atoms with E-state index in [0.717, 1.165) is 32.7 Å². The molecule has 1 amide bonds. The zero-order valence-electron chi connectivity index (χ0n) is 12.7. The number of nitriles is 1. The SMILES string of the molecule is CCN1CCN(C(C)C(=O)Nc2ccccc2C#N)CC1. The quantitative estimate of drug-likeness (QED) is 0.912. The predicted octanol–water partition coefficient (Wildman–Crippen LogP) is 1.52. The van der Waals surface area contributed by atoms with Crippen molar-refractivity contribution in [3.05, 3.63) is 29.8 Å². The van der Waals surface area contributed by atoms with Gasteiger partial charge in [-0.3, -0.25) is 9.69 Å². The Hall–Kier alpha value is -1.90. The van der Waals surface area contributed by atoms with Gasteiger partial charge in [0, 0.05) is 26.2 Å². The molecule has 1 fully saturated rings. The zero-order valence-corrected chi connectivity index (χ0v) is 12.7. The molecule has 0 bridgehead atoms. The highest BCUT2D eigenvalue weighted by Gasteiger charge is 2.25. The third kappa shape index (κ3) is 3.81. The first-order valence-electron chi connectivity index (χ1n) is 7.42. The summed E-state index contributed by atoms with van der Waals surface area (Å²) in [7, 11) is 0. The summed E-state index contributed by atoms with van der Waals surface area (Å²) in [5, 5.41) is 11.9. The lowest BCUT2D eigenvalue weighted by molar-refractivity contribution is -0.121. The van der Waals surface area contributed by atoms with Crippen LogP contribution in [-0.4, -0.2) is 54.5 Å². The first-order valence-corrected chi connectivity index (χ1v) is 7.42. The van der Waals surface area contributed by atoms with Crippen molar-refractivity contribution in [2.24, 2.45) is 0 Å². The normalized spacial score (nSPS) is 18.0. The molecule has 1 unspecified atom stereocenters. The van der Waals surface area contributed by atoms with Crippen molar-refractivity contribution in [3.63, 3.8) is 0 Å². The summed E-state index contributed by atoms with van der Waals surface area (Å²) in [4.78, 5) is 16.9. The lowest BCUT2D eigenvalue weighted by Crippen LogP contribution is -2.52. The molecule has 0 spiro atoms. The largest absolute Gasteiger partial charge is 0.324 e. The number of carbonyl (C=O) groups excluding carboxylic acids is 1. The van der Waals surface area contributed by atoms with Gasteiger partial charge in [-0.05, 0) is 25.6 Å². The molecule has 21 heavy (non-hydrogen) atoms. The molecule has 1 aromatic carbocycles. The summed E-state index contributed by atoms with van der Waals surface area (Å²) in [6.45, 7) is 8.96. The maximum Gasteiger partial charge on any atom is 0.241 e. The lowest BCUT2D eigenvalue weighted by Gasteiger charge is -2.36. The fourth-order valence-electron chi connectivity index (χ4n) is 2.56. The summed E-state index contributed by atoms with van der Waals surface area (Å²) in [6, 6.07) is 9.00. The average molecular weight is 286 g/mol. The molecule has 1 N–H and O–H groups in total. The number of amides is 1. The van der Waals surface area contributed by atoms with Gasteiger partial charge in [0.15, 0.2) is 0 Å². The van der Waals surface area contributed by atoms with Crippen molar-refractivity contribution >= 4 is 11.6 Å². The fourth-order valence-corrected chi connectivity index (χ4v) is 2.56. The molecule has 1 aliphatic heterocycles. The summed E-state index contributed by atoms with van der Waals surface area (Å²) in [5.41, 5.74) is 1.08. The highest BCUT2D eigenvalue weighted by atomic mass is 16.2. The number of anilines is 1. The van der Waals surface area contributed by atoms with Crippen molar-refractivity contribution in [1.82, 2.24) is 9.80 Å². The number of nitrogens with one attached hydrogen (secondary N) is 1. The van der Waals surface area contributed by atoms with Gasteiger partial charge in [-0.1, -0.05) is 19.1 Å². The number of piperazine rings is 1. The number of carbonyl (C=O) groups is 1. The van der Waals surface area contributed by atoms with Gasteiger partial charge in [0.05, 0.1) is 17.3 Å². The van der Waals surface area contributed by atoms with Crippen LogP contribution < -0.4 is 5.32 Å². The number of hydrogen-bond acceptors (Lipinski definition) is 4. The topological polar surface area (TPSA) is 59.4 Å². The molecule has 112 valence electrons. The summed E-state index contributed by atoms with van der Waals surface area (Å²) >= 11 is 0. The van der Waals surface area contributed by atoms with Crippen LogP contribution >= 0.6 is 0 Å². The third-order valence-electron chi connectivity index (χ3n) is 4.09. The summed E-state index contributed by atoms with van der Waals surface area (Å²) < 4.78 is 0. The Balaban J connectivity index is 1.96. The monoisotopic (exact) mass is 286 g/mol. The van der Waals surface area contributed by atoms with E-state index < -0.39 is 0 Å². The Kier molecular flexibility index (Phi) is 5.32. The van der Waals surface area contributed by atoms with Crippen molar-refractivity contribution in [2.75, 3.05) is 38.0 Å². The zero-order chi connectivity index (χ0) is 15.2. The lowest BCUT2D eigenvalue weighted by atomic mass is 10.1. The molecule has 0 aromatic heterocycles. The van der Waals surface area contributed by atoms with Crippen LogP contribution in [0.1, 0.15) is 19.4 Å². The molecule has 0 radical (unpaired) electrons. The molecule has 2 rings (SSSR count). The average Bonchev–Trinajstić information content (AvgIpc) is 2.54. The molecular formula is C16H22N4O. The second-order valence-corrected chi connectivity index (χ2v) is 5.29. The first kappa shape index (κ1) is 15.5. The van der Waals surface area contributed by atoms with Crippen LogP contribution in [0, 0.1) is 11.3 Å². The van der Waals surface area contributed by atoms with E-state index in [9.17, 15) is 4.79 Å². The number of rotatable bonds is 4. The van der Waals surface area contributed by atoms with Gasteiger partial charge in [-0.25, -0.2) is 0 Å². The van der Waals surface area contributed by atoms with Gasteiger partial charge in [-0.15, -0.1) is 0 Å². The van der Waals surface area contributed by atoms with Crippen LogP contribution in [0.25, 0.3) is 0 Å². The molecule has 1 aliphatic rings. The van der Waals surface area contributed by atoms with E-state index >= 15 is 0 Å². The van der Waals surface area contributed by atoms with Crippen molar-refractivity contribution in [2.45, 2.75) is 19.9 Å². The van der Waals surface area contributed by atoms with Crippen LogP contribution in [0.4, 0.5) is 5.69 Å². The number of benzene rings is 1. The second kappa shape index (κ2) is 7.21. The standard InChI is InChI=1S/C16H22N4O/c1-3-19-8-10-20(11-9-19)13(2)16(21)18-15-7-5-4-6-14(15)12-17/h4-7,13H,3,8-11H2,1-2H3,(H,18,21). The summed E-state index contributed by atoms with van der Waals surface area (Å²) in [6.07, 6.45) is 0. The maximum absolute atomic E-state index is 12.4. The number of para-hydroxylation sites is 1. The predicted molar refractivity (Wildman–Crippen MR) is 82.9 cm³/mol. The Morgan fingerprint density at radius 3 is 2.62 bits per heavy atom. The second-order valence-electron chi connectivity index (χ2n) is 5.29. The molecule has 0 saturated carbocycles. The molecule has 5 heteroatoms. The van der Waals surface area contributed by atoms with Gasteiger partial charge in [-0.2, -0.15) is 5.26 Å². The highest BCUT2D eigenvalue weighted by Crippen LogP contribution is 2.15. The number of hydrogen-bond donors (Lipinski definition) is 1. The molecule has 1 saturated heterocycles. The van der Waals surface area contributed by atoms with E-state index in [4.69, 9.17) is 5.26 Å². The van der Waals surface area contributed by atoms with Gasteiger partial charge in [0.2, 0.25) is 5.91 Å². The molecule has 1 aromatic rings. The Labute approximate surface area is 126 Å². The van der Waals surface area contributed by atoms with Gasteiger partial charge >= 0.3 is 0 Å². The maximum atomic E-state index is 12.4. The van der Waals surface area contributed by atoms with Crippen LogP contribution in [-0.2, 0) is 4.79 Å².